The number of amides is 2. The monoisotopic (exact) mass is 485 g/mol. The van der Waals surface area contributed by atoms with Crippen LogP contribution in [0.1, 0.15) is 43.0 Å². The van der Waals surface area contributed by atoms with Crippen LogP contribution in [0.4, 0.5) is 5.69 Å². The van der Waals surface area contributed by atoms with E-state index in [2.05, 4.69) is 31.9 Å². The van der Waals surface area contributed by atoms with Gasteiger partial charge in [0.05, 0.1) is 29.7 Å². The maximum atomic E-state index is 12.8. The molecule has 0 bridgehead atoms. The van der Waals surface area contributed by atoms with Gasteiger partial charge < -0.3 is 4.74 Å². The SMILES string of the molecule is CCCCOC(=O)c1ccc(N2C(=O)[C@H]3C[C@H](Br)[C@@H](Br)C[C@H]3C2=O)cc1. The Morgan fingerprint density at radius 2 is 1.62 bits per heavy atom. The van der Waals surface area contributed by atoms with Gasteiger partial charge in [-0.15, -0.1) is 0 Å². The lowest BCUT2D eigenvalue weighted by molar-refractivity contribution is -0.122. The summed E-state index contributed by atoms with van der Waals surface area (Å²) in [4.78, 5) is 39.2. The molecule has 5 nitrogen and oxygen atoms in total. The largest absolute Gasteiger partial charge is 0.462 e. The standard InChI is InChI=1S/C19H21Br2NO4/c1-2-3-8-26-19(25)11-4-6-12(7-5-11)22-17(23)13-9-15(20)16(21)10-14(13)18(22)24/h4-7,13-16H,2-3,8-10H2,1H3/t13-,14+,15-,16-/m0/s1. The zero-order chi connectivity index (χ0) is 18.8. The van der Waals surface area contributed by atoms with E-state index in [1.807, 2.05) is 6.92 Å². The Morgan fingerprint density at radius 1 is 1.08 bits per heavy atom. The summed E-state index contributed by atoms with van der Waals surface area (Å²) in [6.07, 6.45) is 3.07. The third-order valence-electron chi connectivity index (χ3n) is 5.00. The number of hydrogen-bond donors (Lipinski definition) is 0. The average Bonchev–Trinajstić information content (AvgIpc) is 2.86. The van der Waals surface area contributed by atoms with Crippen LogP contribution >= 0.6 is 31.9 Å². The second-order valence-electron chi connectivity index (χ2n) is 6.76. The Kier molecular flexibility index (Phi) is 6.17. The lowest BCUT2D eigenvalue weighted by Crippen LogP contribution is -2.34. The predicted octanol–water partition coefficient (Wildman–Crippen LogP) is 4.07. The van der Waals surface area contributed by atoms with Gasteiger partial charge in [0.25, 0.3) is 0 Å². The highest BCUT2D eigenvalue weighted by atomic mass is 79.9. The summed E-state index contributed by atoms with van der Waals surface area (Å²) >= 11 is 7.17. The summed E-state index contributed by atoms with van der Waals surface area (Å²) in [6.45, 7) is 2.42. The molecule has 1 heterocycles. The lowest BCUT2D eigenvalue weighted by atomic mass is 9.81. The molecule has 4 atom stereocenters. The number of nitrogens with zero attached hydrogens (tertiary/aromatic N) is 1. The van der Waals surface area contributed by atoms with Crippen molar-refractivity contribution in [1.82, 2.24) is 0 Å². The molecule has 1 aromatic rings. The zero-order valence-corrected chi connectivity index (χ0v) is 17.7. The maximum Gasteiger partial charge on any atom is 0.338 e. The Labute approximate surface area is 169 Å². The van der Waals surface area contributed by atoms with Crippen LogP contribution in [0.3, 0.4) is 0 Å². The fraction of sp³-hybridized carbons (Fsp3) is 0.526. The molecule has 2 fully saturated rings. The Bertz CT molecular complexity index is 678. The first-order chi connectivity index (χ1) is 12.4. The predicted molar refractivity (Wildman–Crippen MR) is 106 cm³/mol. The fourth-order valence-electron chi connectivity index (χ4n) is 3.49. The number of halogens is 2. The van der Waals surface area contributed by atoms with Gasteiger partial charge in [0, 0.05) is 9.65 Å². The van der Waals surface area contributed by atoms with Gasteiger partial charge in [-0.05, 0) is 43.5 Å². The molecule has 1 saturated heterocycles. The summed E-state index contributed by atoms with van der Waals surface area (Å²) in [7, 11) is 0. The minimum atomic E-state index is -0.387. The molecule has 1 aromatic carbocycles. The van der Waals surface area contributed by atoms with E-state index < -0.39 is 0 Å². The fourth-order valence-corrected chi connectivity index (χ4v) is 4.73. The highest BCUT2D eigenvalue weighted by Gasteiger charge is 2.52. The van der Waals surface area contributed by atoms with Crippen LogP contribution in [0.5, 0.6) is 0 Å². The van der Waals surface area contributed by atoms with E-state index >= 15 is 0 Å². The number of fused-ring (bicyclic) bond motifs is 1. The molecule has 7 heteroatoms. The molecule has 1 aliphatic heterocycles. The number of carbonyl (C=O) groups is 3. The summed E-state index contributed by atoms with van der Waals surface area (Å²) < 4.78 is 5.18. The normalized spacial score (nSPS) is 28.2. The summed E-state index contributed by atoms with van der Waals surface area (Å²) in [5.41, 5.74) is 0.930. The first kappa shape index (κ1) is 19.5. The Morgan fingerprint density at radius 3 is 2.12 bits per heavy atom. The summed E-state index contributed by atoms with van der Waals surface area (Å²) in [5.74, 6) is -1.25. The van der Waals surface area contributed by atoms with Gasteiger partial charge >= 0.3 is 5.97 Å². The number of unbranched alkanes of at least 4 members (excludes halogenated alkanes) is 1. The molecule has 2 aliphatic rings. The highest BCUT2D eigenvalue weighted by molar-refractivity contribution is 9.12. The van der Waals surface area contributed by atoms with Crippen LogP contribution in [0.2, 0.25) is 0 Å². The van der Waals surface area contributed by atoms with Crippen LogP contribution < -0.4 is 4.90 Å². The highest BCUT2D eigenvalue weighted by Crippen LogP contribution is 2.44. The van der Waals surface area contributed by atoms with E-state index in [9.17, 15) is 14.4 Å². The number of hydrogen-bond acceptors (Lipinski definition) is 4. The molecule has 0 aromatic heterocycles. The van der Waals surface area contributed by atoms with Crippen LogP contribution in [-0.4, -0.2) is 34.0 Å². The van der Waals surface area contributed by atoms with E-state index in [0.29, 0.717) is 30.7 Å². The number of imide groups is 1. The molecule has 1 aliphatic carbocycles. The molecule has 0 unspecified atom stereocenters. The van der Waals surface area contributed by atoms with Gasteiger partial charge in [0.2, 0.25) is 11.8 Å². The summed E-state index contributed by atoms with van der Waals surface area (Å²) in [6, 6.07) is 6.49. The van der Waals surface area contributed by atoms with Crippen LogP contribution in [-0.2, 0) is 14.3 Å². The lowest BCUT2D eigenvalue weighted by Gasteiger charge is -2.29. The zero-order valence-electron chi connectivity index (χ0n) is 14.5. The first-order valence-corrected chi connectivity index (χ1v) is 10.7. The molecule has 0 radical (unpaired) electrons. The van der Waals surface area contributed by atoms with Gasteiger partial charge in [-0.2, -0.15) is 0 Å². The van der Waals surface area contributed by atoms with E-state index in [1.165, 1.54) is 4.90 Å². The van der Waals surface area contributed by atoms with E-state index in [-0.39, 0.29) is 39.3 Å². The molecular weight excluding hydrogens is 466 g/mol. The molecule has 26 heavy (non-hydrogen) atoms. The van der Waals surface area contributed by atoms with Gasteiger partial charge in [-0.1, -0.05) is 45.2 Å². The van der Waals surface area contributed by atoms with Crippen molar-refractivity contribution < 1.29 is 19.1 Å². The third-order valence-corrected chi connectivity index (χ3v) is 7.74. The maximum absolute atomic E-state index is 12.8. The number of esters is 1. The van der Waals surface area contributed by atoms with E-state index in [1.54, 1.807) is 24.3 Å². The van der Waals surface area contributed by atoms with E-state index in [0.717, 1.165) is 12.8 Å². The van der Waals surface area contributed by atoms with Gasteiger partial charge in [-0.25, -0.2) is 4.79 Å². The quantitative estimate of drug-likeness (QED) is 0.272. The number of alkyl halides is 2. The van der Waals surface area contributed by atoms with Gasteiger partial charge in [-0.3, -0.25) is 14.5 Å². The second-order valence-corrected chi connectivity index (χ2v) is 9.12. The number of ether oxygens (including phenoxy) is 1. The van der Waals surface area contributed by atoms with Crippen molar-refractivity contribution in [2.45, 2.75) is 42.3 Å². The minimum Gasteiger partial charge on any atom is -0.462 e. The van der Waals surface area contributed by atoms with Crippen LogP contribution in [0, 0.1) is 11.8 Å². The molecular formula is C19H21Br2NO4. The Balaban J connectivity index is 1.74. The Hall–Kier alpha value is -1.21. The molecule has 0 N–H and O–H groups in total. The number of carbonyl (C=O) groups excluding carboxylic acids is 3. The van der Waals surface area contributed by atoms with Crippen molar-refractivity contribution in [2.24, 2.45) is 11.8 Å². The van der Waals surface area contributed by atoms with Crippen molar-refractivity contribution >= 4 is 55.3 Å². The van der Waals surface area contributed by atoms with Crippen LogP contribution in [0.25, 0.3) is 0 Å². The molecule has 3 rings (SSSR count). The van der Waals surface area contributed by atoms with Crippen LogP contribution in [0.15, 0.2) is 24.3 Å². The molecule has 0 spiro atoms. The molecule has 2 amide bonds. The molecule has 1 saturated carbocycles. The number of anilines is 1. The second kappa shape index (κ2) is 8.21. The first-order valence-electron chi connectivity index (χ1n) is 8.87. The van der Waals surface area contributed by atoms with Crippen molar-refractivity contribution in [3.8, 4) is 0 Å². The van der Waals surface area contributed by atoms with E-state index in [4.69, 9.17) is 4.74 Å². The van der Waals surface area contributed by atoms with Crippen molar-refractivity contribution in [2.75, 3.05) is 11.5 Å². The third kappa shape index (κ3) is 3.74. The minimum absolute atomic E-state index is 0.151. The summed E-state index contributed by atoms with van der Waals surface area (Å²) in [5, 5.41) is 0. The van der Waals surface area contributed by atoms with Crippen molar-refractivity contribution in [1.29, 1.82) is 0 Å². The number of rotatable bonds is 5. The topological polar surface area (TPSA) is 63.7 Å². The van der Waals surface area contributed by atoms with Crippen molar-refractivity contribution in [3.05, 3.63) is 29.8 Å². The smallest absolute Gasteiger partial charge is 0.338 e. The molecule has 140 valence electrons. The van der Waals surface area contributed by atoms with Gasteiger partial charge in [0.1, 0.15) is 0 Å². The van der Waals surface area contributed by atoms with Gasteiger partial charge in [0.15, 0.2) is 0 Å². The van der Waals surface area contributed by atoms with Crippen molar-refractivity contribution in [3.63, 3.8) is 0 Å². The number of benzene rings is 1. The average molecular weight is 487 g/mol.